The molecule has 0 atom stereocenters. The fourth-order valence-electron chi connectivity index (χ4n) is 0.126. The van der Waals surface area contributed by atoms with E-state index in [4.69, 9.17) is 11.6 Å². The first-order chi connectivity index (χ1) is 2.91. The maximum Gasteiger partial charge on any atom is 0.0929 e. The van der Waals surface area contributed by atoms with Gasteiger partial charge in [-0.25, -0.2) is 0 Å². The van der Waals surface area contributed by atoms with Gasteiger partial charge >= 0.3 is 0 Å². The monoisotopic (exact) mass is 108 g/mol. The first-order valence-electron chi connectivity index (χ1n) is 1.73. The molecule has 6 heavy (non-hydrogen) atoms. The number of allylic oxidation sites excluding steroid dienone is 1. The first-order valence-corrected chi connectivity index (χ1v) is 2.16. The molecule has 0 rings (SSSR count). The van der Waals surface area contributed by atoms with Gasteiger partial charge < -0.3 is 0 Å². The number of halogens is 2. The van der Waals surface area contributed by atoms with E-state index in [0.29, 0.717) is 6.42 Å². The highest BCUT2D eigenvalue weighted by molar-refractivity contribution is 6.25. The summed E-state index contributed by atoms with van der Waals surface area (Å²) in [5, 5.41) is 0. The number of alkyl halides is 1. The second kappa shape index (κ2) is 4.96. The van der Waals surface area contributed by atoms with Crippen molar-refractivity contribution in [3.05, 3.63) is 11.6 Å². The van der Waals surface area contributed by atoms with E-state index in [0.717, 1.165) is 0 Å². The molecule has 0 amide bonds. The van der Waals surface area contributed by atoms with Gasteiger partial charge in [0.25, 0.3) is 0 Å². The fourth-order valence-corrected chi connectivity index (χ4v) is 0.252. The highest BCUT2D eigenvalue weighted by Gasteiger charge is 1.69. The second-order valence-electron chi connectivity index (χ2n) is 0.839. The third-order valence-corrected chi connectivity index (χ3v) is 0.543. The van der Waals surface area contributed by atoms with Crippen LogP contribution < -0.4 is 0 Å². The summed E-state index contributed by atoms with van der Waals surface area (Å²) in [7, 11) is 0. The summed E-state index contributed by atoms with van der Waals surface area (Å²) >= 11 is 5.03. The van der Waals surface area contributed by atoms with Crippen molar-refractivity contribution in [2.45, 2.75) is 6.42 Å². The molecule has 0 aromatic rings. The molecule has 0 fully saturated rings. The first kappa shape index (κ1) is 5.96. The fraction of sp³-hybridized carbons (Fsp3) is 0.500. The van der Waals surface area contributed by atoms with Crippen LogP contribution in [-0.4, -0.2) is 6.67 Å². The third-order valence-electron chi connectivity index (χ3n) is 0.365. The molecule has 0 aromatic carbocycles. The highest BCUT2D eigenvalue weighted by Crippen LogP contribution is 1.84. The zero-order chi connectivity index (χ0) is 4.83. The Hall–Kier alpha value is -0.0400. The van der Waals surface area contributed by atoms with Crippen LogP contribution >= 0.6 is 11.6 Å². The van der Waals surface area contributed by atoms with Gasteiger partial charge in [-0.2, -0.15) is 0 Å². The van der Waals surface area contributed by atoms with E-state index in [1.807, 2.05) is 0 Å². The van der Waals surface area contributed by atoms with Crippen molar-refractivity contribution in [2.75, 3.05) is 6.67 Å². The van der Waals surface area contributed by atoms with Crippen LogP contribution in [0.2, 0.25) is 0 Å². The Morgan fingerprint density at radius 1 is 1.67 bits per heavy atom. The van der Waals surface area contributed by atoms with Gasteiger partial charge in [0.05, 0.1) is 6.67 Å². The van der Waals surface area contributed by atoms with E-state index in [1.165, 1.54) is 5.54 Å². The van der Waals surface area contributed by atoms with Gasteiger partial charge in [0.15, 0.2) is 0 Å². The van der Waals surface area contributed by atoms with E-state index >= 15 is 0 Å². The van der Waals surface area contributed by atoms with Gasteiger partial charge in [-0.1, -0.05) is 17.7 Å². The summed E-state index contributed by atoms with van der Waals surface area (Å²) in [5.74, 6) is 0. The van der Waals surface area contributed by atoms with E-state index < -0.39 is 0 Å². The van der Waals surface area contributed by atoms with Gasteiger partial charge in [-0.3, -0.25) is 4.39 Å². The topological polar surface area (TPSA) is 0 Å². The summed E-state index contributed by atoms with van der Waals surface area (Å²) in [6.07, 6.45) is 2.01. The standard InChI is InChI=1S/C4H6ClF/c5-3-1-2-4-6/h1,3H,2,4H2. The summed E-state index contributed by atoms with van der Waals surface area (Å²) in [6.45, 7) is -0.316. The van der Waals surface area contributed by atoms with Crippen LogP contribution in [-0.2, 0) is 0 Å². The Labute approximate surface area is 41.6 Å². The van der Waals surface area contributed by atoms with Crippen molar-refractivity contribution in [1.82, 2.24) is 0 Å². The quantitative estimate of drug-likeness (QED) is 0.508. The van der Waals surface area contributed by atoms with E-state index in [9.17, 15) is 4.39 Å². The van der Waals surface area contributed by atoms with Gasteiger partial charge in [0.1, 0.15) is 0 Å². The van der Waals surface area contributed by atoms with E-state index in [2.05, 4.69) is 0 Å². The molecule has 0 saturated heterocycles. The van der Waals surface area contributed by atoms with Crippen LogP contribution in [0.15, 0.2) is 11.6 Å². The van der Waals surface area contributed by atoms with Crippen molar-refractivity contribution in [3.8, 4) is 0 Å². The largest absolute Gasteiger partial charge is 0.251 e. The third kappa shape index (κ3) is 3.96. The van der Waals surface area contributed by atoms with Crippen LogP contribution in [0.5, 0.6) is 0 Å². The average molecular weight is 109 g/mol. The lowest BCUT2D eigenvalue weighted by Crippen LogP contribution is -1.63. The smallest absolute Gasteiger partial charge is 0.0929 e. The van der Waals surface area contributed by atoms with Crippen LogP contribution in [0.4, 0.5) is 4.39 Å². The van der Waals surface area contributed by atoms with Gasteiger partial charge in [0, 0.05) is 5.54 Å². The maximum atomic E-state index is 11.1. The summed E-state index contributed by atoms with van der Waals surface area (Å²) < 4.78 is 11.1. The lowest BCUT2D eigenvalue weighted by molar-refractivity contribution is 0.501. The molecule has 0 saturated carbocycles. The molecule has 0 unspecified atom stereocenters. The average Bonchev–Trinajstić information content (AvgIpc) is 1.61. The number of hydrogen-bond donors (Lipinski definition) is 0. The number of rotatable bonds is 2. The Bertz CT molecular complexity index is 42.8. The minimum atomic E-state index is -0.316. The molecule has 0 aliphatic rings. The molecular weight excluding hydrogens is 102 g/mol. The molecule has 0 aliphatic carbocycles. The van der Waals surface area contributed by atoms with Crippen molar-refractivity contribution in [2.24, 2.45) is 0 Å². The second-order valence-corrected chi connectivity index (χ2v) is 1.09. The van der Waals surface area contributed by atoms with Crippen LogP contribution in [0.1, 0.15) is 6.42 Å². The molecule has 0 aliphatic heterocycles. The summed E-state index contributed by atoms with van der Waals surface area (Å²) in [4.78, 5) is 0. The Morgan fingerprint density at radius 2 is 2.33 bits per heavy atom. The van der Waals surface area contributed by atoms with Crippen molar-refractivity contribution in [3.63, 3.8) is 0 Å². The molecule has 0 aromatic heterocycles. The number of hydrogen-bond acceptors (Lipinski definition) is 0. The van der Waals surface area contributed by atoms with E-state index in [1.54, 1.807) is 6.08 Å². The highest BCUT2D eigenvalue weighted by atomic mass is 35.5. The molecule has 0 radical (unpaired) electrons. The van der Waals surface area contributed by atoms with Crippen LogP contribution in [0, 0.1) is 0 Å². The van der Waals surface area contributed by atoms with Crippen LogP contribution in [0.3, 0.4) is 0 Å². The molecule has 2 heteroatoms. The van der Waals surface area contributed by atoms with E-state index in [-0.39, 0.29) is 6.67 Å². The maximum absolute atomic E-state index is 11.1. The molecule has 0 nitrogen and oxygen atoms in total. The lowest BCUT2D eigenvalue weighted by atomic mass is 10.5. The van der Waals surface area contributed by atoms with Crippen molar-refractivity contribution in [1.29, 1.82) is 0 Å². The minimum absolute atomic E-state index is 0.316. The van der Waals surface area contributed by atoms with Crippen molar-refractivity contribution < 1.29 is 4.39 Å². The molecule has 36 valence electrons. The molecule has 0 bridgehead atoms. The predicted molar refractivity (Wildman–Crippen MR) is 25.6 cm³/mol. The van der Waals surface area contributed by atoms with Crippen LogP contribution in [0.25, 0.3) is 0 Å². The summed E-state index contributed by atoms with van der Waals surface area (Å²) in [5.41, 5.74) is 1.32. The van der Waals surface area contributed by atoms with Crippen molar-refractivity contribution >= 4 is 11.6 Å². The summed E-state index contributed by atoms with van der Waals surface area (Å²) in [6, 6.07) is 0. The van der Waals surface area contributed by atoms with Gasteiger partial charge in [-0.05, 0) is 6.42 Å². The Balaban J connectivity index is 2.66. The Kier molecular flexibility index (Phi) is 4.93. The van der Waals surface area contributed by atoms with Gasteiger partial charge in [0.2, 0.25) is 0 Å². The predicted octanol–water partition coefficient (Wildman–Crippen LogP) is 2.10. The Morgan fingerprint density at radius 3 is 2.50 bits per heavy atom. The normalized spacial score (nSPS) is 10.3. The zero-order valence-corrected chi connectivity index (χ0v) is 4.08. The SMILES string of the molecule is FCCC=CCl. The molecule has 0 N–H and O–H groups in total. The minimum Gasteiger partial charge on any atom is -0.251 e. The molecular formula is C4H6ClF. The molecule has 0 heterocycles. The lowest BCUT2D eigenvalue weighted by Gasteiger charge is -1.72. The molecule has 0 spiro atoms. The van der Waals surface area contributed by atoms with Gasteiger partial charge in [-0.15, -0.1) is 0 Å². The zero-order valence-electron chi connectivity index (χ0n) is 3.32.